The molecule has 1 fully saturated rings. The average Bonchev–Trinajstić information content (AvgIpc) is 2.67. The third kappa shape index (κ3) is 1.67. The summed E-state index contributed by atoms with van der Waals surface area (Å²) in [5, 5.41) is 17.7. The molecule has 0 bridgehead atoms. The summed E-state index contributed by atoms with van der Waals surface area (Å²) in [6, 6.07) is 0. The highest BCUT2D eigenvalue weighted by molar-refractivity contribution is 5.16. The van der Waals surface area contributed by atoms with Gasteiger partial charge in [0.1, 0.15) is 5.60 Å². The van der Waals surface area contributed by atoms with Crippen LogP contribution in [0.1, 0.15) is 25.3 Å². The maximum absolute atomic E-state index is 10.3. The van der Waals surface area contributed by atoms with Crippen molar-refractivity contribution in [3.63, 3.8) is 0 Å². The maximum Gasteiger partial charge on any atom is 0.105 e. The fourth-order valence-electron chi connectivity index (χ4n) is 1.91. The molecule has 1 saturated heterocycles. The molecule has 1 atom stereocenters. The summed E-state index contributed by atoms with van der Waals surface area (Å²) in [5.74, 6) is 0. The SMILES string of the molecule is CCn1cc(C2(O)CCCNC2)cn1. The van der Waals surface area contributed by atoms with Crippen molar-refractivity contribution in [2.24, 2.45) is 0 Å². The first-order chi connectivity index (χ1) is 6.74. The molecular weight excluding hydrogens is 178 g/mol. The summed E-state index contributed by atoms with van der Waals surface area (Å²) in [6.45, 7) is 4.54. The first kappa shape index (κ1) is 9.68. The zero-order valence-corrected chi connectivity index (χ0v) is 8.53. The zero-order chi connectivity index (χ0) is 10.0. The molecule has 0 aliphatic carbocycles. The molecule has 0 saturated carbocycles. The van der Waals surface area contributed by atoms with E-state index >= 15 is 0 Å². The number of rotatable bonds is 2. The number of β-amino-alcohol motifs (C(OH)–C–C–N with tert-alkyl or cyclic N) is 1. The topological polar surface area (TPSA) is 50.1 Å². The van der Waals surface area contributed by atoms with E-state index in [0.29, 0.717) is 6.54 Å². The Bertz CT molecular complexity index is 302. The lowest BCUT2D eigenvalue weighted by molar-refractivity contribution is 0.0122. The van der Waals surface area contributed by atoms with E-state index in [1.807, 2.05) is 17.8 Å². The van der Waals surface area contributed by atoms with Crippen LogP contribution in [0.4, 0.5) is 0 Å². The van der Waals surface area contributed by atoms with Crippen molar-refractivity contribution in [2.75, 3.05) is 13.1 Å². The number of nitrogens with zero attached hydrogens (tertiary/aromatic N) is 2. The van der Waals surface area contributed by atoms with Crippen molar-refractivity contribution in [3.8, 4) is 0 Å². The molecule has 0 spiro atoms. The molecule has 2 N–H and O–H groups in total. The largest absolute Gasteiger partial charge is 0.384 e. The molecule has 78 valence electrons. The Morgan fingerprint density at radius 1 is 1.71 bits per heavy atom. The summed E-state index contributed by atoms with van der Waals surface area (Å²) in [6.07, 6.45) is 5.56. The molecule has 2 rings (SSSR count). The van der Waals surface area contributed by atoms with Crippen LogP contribution in [-0.4, -0.2) is 28.0 Å². The highest BCUT2D eigenvalue weighted by Gasteiger charge is 2.32. The highest BCUT2D eigenvalue weighted by Crippen LogP contribution is 2.27. The van der Waals surface area contributed by atoms with E-state index < -0.39 is 5.60 Å². The molecule has 2 heterocycles. The van der Waals surface area contributed by atoms with Gasteiger partial charge in [0.05, 0.1) is 6.20 Å². The van der Waals surface area contributed by atoms with Gasteiger partial charge < -0.3 is 10.4 Å². The number of hydrogen-bond donors (Lipinski definition) is 2. The van der Waals surface area contributed by atoms with Gasteiger partial charge >= 0.3 is 0 Å². The van der Waals surface area contributed by atoms with E-state index in [1.54, 1.807) is 6.20 Å². The van der Waals surface area contributed by atoms with Crippen LogP contribution in [0.5, 0.6) is 0 Å². The average molecular weight is 195 g/mol. The second-order valence-corrected chi connectivity index (χ2v) is 3.90. The third-order valence-electron chi connectivity index (χ3n) is 2.86. The van der Waals surface area contributed by atoms with Gasteiger partial charge in [0, 0.05) is 24.8 Å². The van der Waals surface area contributed by atoms with Gasteiger partial charge in [-0.1, -0.05) is 0 Å². The number of aryl methyl sites for hydroxylation is 1. The van der Waals surface area contributed by atoms with Gasteiger partial charge in [0.2, 0.25) is 0 Å². The Balaban J connectivity index is 2.19. The molecule has 4 nitrogen and oxygen atoms in total. The fraction of sp³-hybridized carbons (Fsp3) is 0.700. The summed E-state index contributed by atoms with van der Waals surface area (Å²) >= 11 is 0. The number of aromatic nitrogens is 2. The zero-order valence-electron chi connectivity index (χ0n) is 8.53. The minimum absolute atomic E-state index is 0.641. The molecule has 1 aromatic rings. The second-order valence-electron chi connectivity index (χ2n) is 3.90. The van der Waals surface area contributed by atoms with Gasteiger partial charge in [-0.25, -0.2) is 0 Å². The first-order valence-electron chi connectivity index (χ1n) is 5.20. The van der Waals surface area contributed by atoms with Gasteiger partial charge in [-0.3, -0.25) is 4.68 Å². The van der Waals surface area contributed by atoms with Gasteiger partial charge in [-0.15, -0.1) is 0 Å². The maximum atomic E-state index is 10.3. The smallest absolute Gasteiger partial charge is 0.105 e. The Hall–Kier alpha value is -0.870. The quantitative estimate of drug-likeness (QED) is 0.721. The van der Waals surface area contributed by atoms with Crippen LogP contribution in [-0.2, 0) is 12.1 Å². The third-order valence-corrected chi connectivity index (χ3v) is 2.86. The molecule has 0 radical (unpaired) electrons. The normalized spacial score (nSPS) is 27.9. The molecule has 4 heteroatoms. The van der Waals surface area contributed by atoms with Crippen molar-refractivity contribution >= 4 is 0 Å². The molecule has 0 aromatic carbocycles. The van der Waals surface area contributed by atoms with Crippen LogP contribution in [0.2, 0.25) is 0 Å². The van der Waals surface area contributed by atoms with E-state index in [9.17, 15) is 5.11 Å². The molecule has 1 aliphatic rings. The number of aliphatic hydroxyl groups is 1. The van der Waals surface area contributed by atoms with E-state index in [0.717, 1.165) is 31.5 Å². The van der Waals surface area contributed by atoms with E-state index in [-0.39, 0.29) is 0 Å². The number of hydrogen-bond acceptors (Lipinski definition) is 3. The van der Waals surface area contributed by atoms with Crippen molar-refractivity contribution in [1.82, 2.24) is 15.1 Å². The van der Waals surface area contributed by atoms with Gasteiger partial charge in [-0.05, 0) is 26.3 Å². The molecule has 1 unspecified atom stereocenters. The van der Waals surface area contributed by atoms with Crippen molar-refractivity contribution in [1.29, 1.82) is 0 Å². The summed E-state index contributed by atoms with van der Waals surface area (Å²) in [7, 11) is 0. The van der Waals surface area contributed by atoms with Gasteiger partial charge in [0.15, 0.2) is 0 Å². The van der Waals surface area contributed by atoms with E-state index in [2.05, 4.69) is 10.4 Å². The standard InChI is InChI=1S/C10H17N3O/c1-2-13-7-9(6-12-13)10(14)4-3-5-11-8-10/h6-7,11,14H,2-5,8H2,1H3. The Labute approximate surface area is 83.9 Å². The van der Waals surface area contributed by atoms with Crippen molar-refractivity contribution < 1.29 is 5.11 Å². The molecule has 14 heavy (non-hydrogen) atoms. The number of nitrogens with one attached hydrogen (secondary N) is 1. The lowest BCUT2D eigenvalue weighted by Gasteiger charge is -2.31. The second kappa shape index (κ2) is 3.71. The minimum atomic E-state index is -0.703. The monoisotopic (exact) mass is 195 g/mol. The summed E-state index contributed by atoms with van der Waals surface area (Å²) in [4.78, 5) is 0. The summed E-state index contributed by atoms with van der Waals surface area (Å²) < 4.78 is 1.85. The van der Waals surface area contributed by atoms with Crippen LogP contribution in [0, 0.1) is 0 Å². The molecular formula is C10H17N3O. The Kier molecular flexibility index (Phi) is 2.56. The van der Waals surface area contributed by atoms with Gasteiger partial charge in [-0.2, -0.15) is 5.10 Å². The van der Waals surface area contributed by atoms with Crippen LogP contribution < -0.4 is 5.32 Å². The Morgan fingerprint density at radius 2 is 2.57 bits per heavy atom. The molecule has 0 amide bonds. The summed E-state index contributed by atoms with van der Waals surface area (Å²) in [5.41, 5.74) is 0.234. The lowest BCUT2D eigenvalue weighted by atomic mass is 9.89. The molecule has 1 aliphatic heterocycles. The first-order valence-corrected chi connectivity index (χ1v) is 5.20. The minimum Gasteiger partial charge on any atom is -0.384 e. The van der Waals surface area contributed by atoms with Gasteiger partial charge in [0.25, 0.3) is 0 Å². The highest BCUT2D eigenvalue weighted by atomic mass is 16.3. The van der Waals surface area contributed by atoms with Crippen LogP contribution in [0.15, 0.2) is 12.4 Å². The van der Waals surface area contributed by atoms with Crippen LogP contribution in [0.3, 0.4) is 0 Å². The van der Waals surface area contributed by atoms with E-state index in [1.165, 1.54) is 0 Å². The lowest BCUT2D eigenvalue weighted by Crippen LogP contribution is -2.43. The fourth-order valence-corrected chi connectivity index (χ4v) is 1.91. The predicted octanol–water partition coefficient (Wildman–Crippen LogP) is 0.474. The van der Waals surface area contributed by atoms with Crippen LogP contribution in [0.25, 0.3) is 0 Å². The predicted molar refractivity (Wildman–Crippen MR) is 53.9 cm³/mol. The Morgan fingerprint density at radius 3 is 3.14 bits per heavy atom. The van der Waals surface area contributed by atoms with Crippen LogP contribution >= 0.6 is 0 Å². The van der Waals surface area contributed by atoms with E-state index in [4.69, 9.17) is 0 Å². The molecule has 1 aromatic heterocycles. The van der Waals surface area contributed by atoms with Crippen molar-refractivity contribution in [3.05, 3.63) is 18.0 Å². The van der Waals surface area contributed by atoms with Crippen molar-refractivity contribution in [2.45, 2.75) is 31.9 Å². The number of piperidine rings is 1.